The Hall–Kier alpha value is -2.32. The molecule has 1 aromatic carbocycles. The lowest BCUT2D eigenvalue weighted by molar-refractivity contribution is -0.120. The number of pyridine rings is 1. The molecule has 0 saturated carbocycles. The highest BCUT2D eigenvalue weighted by Gasteiger charge is 2.33. The number of halogens is 1. The molecule has 1 unspecified atom stereocenters. The van der Waals surface area contributed by atoms with E-state index < -0.39 is 21.8 Å². The monoisotopic (exact) mass is 363 g/mol. The van der Waals surface area contributed by atoms with Crippen LogP contribution in [0.1, 0.15) is 12.8 Å². The van der Waals surface area contributed by atoms with Crippen molar-refractivity contribution in [3.8, 4) is 0 Å². The topological polar surface area (TPSA) is 79.4 Å². The third kappa shape index (κ3) is 4.02. The molecule has 6 nitrogen and oxygen atoms in total. The predicted octanol–water partition coefficient (Wildman–Crippen LogP) is 2.26. The van der Waals surface area contributed by atoms with Gasteiger partial charge in [0.25, 0.3) is 0 Å². The summed E-state index contributed by atoms with van der Waals surface area (Å²) in [5.74, 6) is -0.764. The number of anilines is 1. The Morgan fingerprint density at radius 2 is 1.96 bits per heavy atom. The number of amides is 1. The van der Waals surface area contributed by atoms with Crippen LogP contribution in [0.25, 0.3) is 0 Å². The fourth-order valence-corrected chi connectivity index (χ4v) is 4.32. The van der Waals surface area contributed by atoms with Gasteiger partial charge >= 0.3 is 0 Å². The Labute approximate surface area is 145 Å². The molecule has 1 aliphatic heterocycles. The van der Waals surface area contributed by atoms with E-state index in [1.54, 1.807) is 24.4 Å². The lowest BCUT2D eigenvalue weighted by Gasteiger charge is -2.31. The second kappa shape index (κ2) is 7.28. The molecule has 0 aliphatic carbocycles. The number of sulfonamides is 1. The summed E-state index contributed by atoms with van der Waals surface area (Å²) in [5, 5.41) is 2.71. The van der Waals surface area contributed by atoms with Gasteiger partial charge in [0.1, 0.15) is 11.6 Å². The minimum absolute atomic E-state index is 0.0275. The van der Waals surface area contributed by atoms with Crippen LogP contribution in [0.3, 0.4) is 0 Å². The number of hydrogen-bond donors (Lipinski definition) is 1. The van der Waals surface area contributed by atoms with Crippen LogP contribution in [0.4, 0.5) is 10.2 Å². The van der Waals surface area contributed by atoms with Gasteiger partial charge in [0.05, 0.1) is 10.8 Å². The number of hydrogen-bond acceptors (Lipinski definition) is 4. The van der Waals surface area contributed by atoms with Gasteiger partial charge in [0, 0.05) is 19.3 Å². The Balaban J connectivity index is 1.72. The van der Waals surface area contributed by atoms with E-state index in [-0.39, 0.29) is 17.3 Å². The standard InChI is InChI=1S/C17H18FN3O3S/c18-14-6-8-15(9-7-14)25(23,24)21-11-3-4-13(12-21)17(22)20-16-5-1-2-10-19-16/h1-2,5-10,13H,3-4,11-12H2,(H,19,20,22). The normalized spacial score (nSPS) is 18.7. The highest BCUT2D eigenvalue weighted by atomic mass is 32.2. The number of aromatic nitrogens is 1. The molecule has 1 aromatic heterocycles. The smallest absolute Gasteiger partial charge is 0.243 e. The van der Waals surface area contributed by atoms with Crippen molar-refractivity contribution in [3.63, 3.8) is 0 Å². The molecule has 0 spiro atoms. The highest BCUT2D eigenvalue weighted by Crippen LogP contribution is 2.24. The summed E-state index contributed by atoms with van der Waals surface area (Å²) in [6.45, 7) is 0.436. The zero-order valence-corrected chi connectivity index (χ0v) is 14.2. The predicted molar refractivity (Wildman–Crippen MR) is 90.7 cm³/mol. The lowest BCUT2D eigenvalue weighted by Crippen LogP contribution is -2.43. The summed E-state index contributed by atoms with van der Waals surface area (Å²) in [4.78, 5) is 16.5. The molecule has 0 radical (unpaired) electrons. The number of rotatable bonds is 4. The third-order valence-corrected chi connectivity index (χ3v) is 6.00. The Kier molecular flexibility index (Phi) is 5.10. The van der Waals surface area contributed by atoms with Gasteiger partial charge in [0.15, 0.2) is 0 Å². The van der Waals surface area contributed by atoms with Crippen molar-refractivity contribution in [1.29, 1.82) is 0 Å². The van der Waals surface area contributed by atoms with E-state index in [4.69, 9.17) is 0 Å². The van der Waals surface area contributed by atoms with Crippen LogP contribution >= 0.6 is 0 Å². The summed E-state index contributed by atoms with van der Waals surface area (Å²) in [5.41, 5.74) is 0. The molecule has 1 aliphatic rings. The van der Waals surface area contributed by atoms with Crippen LogP contribution < -0.4 is 5.32 Å². The molecule has 1 amide bonds. The minimum Gasteiger partial charge on any atom is -0.310 e. The molecule has 0 bridgehead atoms. The second-order valence-corrected chi connectivity index (χ2v) is 7.80. The lowest BCUT2D eigenvalue weighted by atomic mass is 9.99. The molecule has 25 heavy (non-hydrogen) atoms. The van der Waals surface area contributed by atoms with Crippen LogP contribution in [-0.2, 0) is 14.8 Å². The summed E-state index contributed by atoms with van der Waals surface area (Å²) < 4.78 is 39.7. The van der Waals surface area contributed by atoms with E-state index in [0.717, 1.165) is 12.1 Å². The number of carbonyl (C=O) groups is 1. The molecule has 2 aromatic rings. The molecule has 1 atom stereocenters. The van der Waals surface area contributed by atoms with E-state index in [0.29, 0.717) is 25.2 Å². The average molecular weight is 363 g/mol. The maximum absolute atomic E-state index is 13.0. The first-order chi connectivity index (χ1) is 12.0. The van der Waals surface area contributed by atoms with E-state index in [2.05, 4.69) is 10.3 Å². The third-order valence-electron chi connectivity index (χ3n) is 4.12. The van der Waals surface area contributed by atoms with E-state index >= 15 is 0 Å². The molecule has 1 saturated heterocycles. The van der Waals surface area contributed by atoms with Gasteiger partial charge in [-0.05, 0) is 49.2 Å². The summed E-state index contributed by atoms with van der Waals surface area (Å²) in [7, 11) is -3.75. The zero-order chi connectivity index (χ0) is 17.9. The molecule has 132 valence electrons. The number of nitrogens with zero attached hydrogens (tertiary/aromatic N) is 2. The van der Waals surface area contributed by atoms with E-state index in [9.17, 15) is 17.6 Å². The van der Waals surface area contributed by atoms with Crippen molar-refractivity contribution in [2.45, 2.75) is 17.7 Å². The first-order valence-corrected chi connectivity index (χ1v) is 9.38. The van der Waals surface area contributed by atoms with Crippen LogP contribution in [0, 0.1) is 11.7 Å². The highest BCUT2D eigenvalue weighted by molar-refractivity contribution is 7.89. The van der Waals surface area contributed by atoms with E-state index in [1.807, 2.05) is 0 Å². The van der Waals surface area contributed by atoms with Gasteiger partial charge in [-0.3, -0.25) is 4.79 Å². The molecule has 1 fully saturated rings. The molecular weight excluding hydrogens is 345 g/mol. The van der Waals surface area contributed by atoms with Crippen LogP contribution in [-0.4, -0.2) is 36.7 Å². The van der Waals surface area contributed by atoms with Gasteiger partial charge in [0.2, 0.25) is 15.9 Å². The number of nitrogens with one attached hydrogen (secondary N) is 1. The fourth-order valence-electron chi connectivity index (χ4n) is 2.80. The number of benzene rings is 1. The Morgan fingerprint density at radius 1 is 1.20 bits per heavy atom. The molecular formula is C17H18FN3O3S. The molecule has 3 rings (SSSR count). The number of carbonyl (C=O) groups excluding carboxylic acids is 1. The van der Waals surface area contributed by atoms with Gasteiger partial charge in [-0.15, -0.1) is 0 Å². The van der Waals surface area contributed by atoms with Crippen molar-refractivity contribution >= 4 is 21.7 Å². The molecule has 8 heteroatoms. The first-order valence-electron chi connectivity index (χ1n) is 7.94. The van der Waals surface area contributed by atoms with Gasteiger partial charge < -0.3 is 5.32 Å². The Bertz CT molecular complexity index is 841. The minimum atomic E-state index is -3.75. The maximum Gasteiger partial charge on any atom is 0.243 e. The molecule has 1 N–H and O–H groups in total. The number of piperidine rings is 1. The van der Waals surface area contributed by atoms with Gasteiger partial charge in [-0.1, -0.05) is 6.07 Å². The average Bonchev–Trinajstić information content (AvgIpc) is 2.63. The Morgan fingerprint density at radius 3 is 2.64 bits per heavy atom. The van der Waals surface area contributed by atoms with Crippen molar-refractivity contribution in [3.05, 3.63) is 54.5 Å². The van der Waals surface area contributed by atoms with Crippen LogP contribution in [0.5, 0.6) is 0 Å². The second-order valence-electron chi connectivity index (χ2n) is 5.86. The molecule has 2 heterocycles. The van der Waals surface area contributed by atoms with Crippen molar-refractivity contribution in [2.75, 3.05) is 18.4 Å². The van der Waals surface area contributed by atoms with E-state index in [1.165, 1.54) is 16.4 Å². The summed E-state index contributed by atoms with van der Waals surface area (Å²) >= 11 is 0. The zero-order valence-electron chi connectivity index (χ0n) is 13.4. The largest absolute Gasteiger partial charge is 0.310 e. The fraction of sp³-hybridized carbons (Fsp3) is 0.294. The quantitative estimate of drug-likeness (QED) is 0.904. The van der Waals surface area contributed by atoms with Crippen molar-refractivity contribution in [1.82, 2.24) is 9.29 Å². The summed E-state index contributed by atoms with van der Waals surface area (Å²) in [6.07, 6.45) is 2.76. The first kappa shape index (κ1) is 17.5. The van der Waals surface area contributed by atoms with Crippen LogP contribution in [0.2, 0.25) is 0 Å². The van der Waals surface area contributed by atoms with Crippen molar-refractivity contribution in [2.24, 2.45) is 5.92 Å². The maximum atomic E-state index is 13.0. The van der Waals surface area contributed by atoms with Gasteiger partial charge in [-0.2, -0.15) is 4.31 Å². The summed E-state index contributed by atoms with van der Waals surface area (Å²) in [6, 6.07) is 9.88. The SMILES string of the molecule is O=C(Nc1ccccn1)C1CCCN(S(=O)(=O)c2ccc(F)cc2)C1. The van der Waals surface area contributed by atoms with Crippen molar-refractivity contribution < 1.29 is 17.6 Å². The van der Waals surface area contributed by atoms with Crippen LogP contribution in [0.15, 0.2) is 53.6 Å². The van der Waals surface area contributed by atoms with Gasteiger partial charge in [-0.25, -0.2) is 17.8 Å².